The van der Waals surface area contributed by atoms with E-state index in [9.17, 15) is 4.79 Å². The molecular formula is C15H19ClN2O2S. The van der Waals surface area contributed by atoms with Gasteiger partial charge in [0.15, 0.2) is 5.16 Å². The van der Waals surface area contributed by atoms with Gasteiger partial charge in [0.05, 0.1) is 16.8 Å². The van der Waals surface area contributed by atoms with E-state index in [1.165, 1.54) is 11.8 Å². The first kappa shape index (κ1) is 16.2. The van der Waals surface area contributed by atoms with Crippen molar-refractivity contribution >= 4 is 40.4 Å². The molecule has 0 aliphatic rings. The molecule has 2 rings (SSSR count). The number of fused-ring (bicyclic) bond motifs is 1. The maximum absolute atomic E-state index is 10.8. The van der Waals surface area contributed by atoms with Gasteiger partial charge in [0, 0.05) is 11.1 Å². The molecular weight excluding hydrogens is 308 g/mol. The predicted octanol–water partition coefficient (Wildman–Crippen LogP) is 4.47. The smallest absolute Gasteiger partial charge is 0.313 e. The van der Waals surface area contributed by atoms with Gasteiger partial charge in [0.2, 0.25) is 0 Å². The van der Waals surface area contributed by atoms with Crippen molar-refractivity contribution in [2.45, 2.75) is 38.4 Å². The molecule has 114 valence electrons. The van der Waals surface area contributed by atoms with Crippen LogP contribution in [0.25, 0.3) is 11.0 Å². The predicted molar refractivity (Wildman–Crippen MR) is 87.3 cm³/mol. The van der Waals surface area contributed by atoms with Gasteiger partial charge in [0.1, 0.15) is 0 Å². The first-order chi connectivity index (χ1) is 9.88. The molecule has 0 aliphatic heterocycles. The Morgan fingerprint density at radius 3 is 2.76 bits per heavy atom. The van der Waals surface area contributed by atoms with Gasteiger partial charge >= 0.3 is 5.97 Å². The molecule has 0 aliphatic carbocycles. The number of aliphatic carboxylic acids is 1. The Morgan fingerprint density at radius 1 is 1.43 bits per heavy atom. The van der Waals surface area contributed by atoms with Gasteiger partial charge in [-0.25, -0.2) is 4.98 Å². The van der Waals surface area contributed by atoms with Crippen molar-refractivity contribution in [2.75, 3.05) is 5.75 Å². The maximum Gasteiger partial charge on any atom is 0.313 e. The highest BCUT2D eigenvalue weighted by atomic mass is 35.5. The quantitative estimate of drug-likeness (QED) is 0.795. The Hall–Kier alpha value is -1.20. The van der Waals surface area contributed by atoms with Gasteiger partial charge in [-0.1, -0.05) is 37.2 Å². The zero-order valence-electron chi connectivity index (χ0n) is 12.3. The van der Waals surface area contributed by atoms with Crippen molar-refractivity contribution < 1.29 is 9.90 Å². The molecule has 0 saturated carbocycles. The minimum atomic E-state index is -0.840. The van der Waals surface area contributed by atoms with Crippen LogP contribution >= 0.6 is 23.4 Å². The van der Waals surface area contributed by atoms with Crippen LogP contribution in [-0.4, -0.2) is 26.4 Å². The van der Waals surface area contributed by atoms with Crippen LogP contribution in [0.4, 0.5) is 0 Å². The van der Waals surface area contributed by atoms with Crippen molar-refractivity contribution in [3.63, 3.8) is 0 Å². The summed E-state index contributed by atoms with van der Waals surface area (Å²) >= 11 is 7.27. The fraction of sp³-hybridized carbons (Fsp3) is 0.467. The number of thioether (sulfide) groups is 1. The van der Waals surface area contributed by atoms with Crippen LogP contribution in [0.2, 0.25) is 5.02 Å². The van der Waals surface area contributed by atoms with Gasteiger partial charge in [-0.3, -0.25) is 4.79 Å². The Kier molecular flexibility index (Phi) is 5.17. The summed E-state index contributed by atoms with van der Waals surface area (Å²) in [5, 5.41) is 10.3. The van der Waals surface area contributed by atoms with E-state index in [-0.39, 0.29) is 11.8 Å². The lowest BCUT2D eigenvalue weighted by atomic mass is 10.1. The van der Waals surface area contributed by atoms with Crippen LogP contribution in [-0.2, 0) is 4.79 Å². The van der Waals surface area contributed by atoms with Crippen LogP contribution < -0.4 is 0 Å². The van der Waals surface area contributed by atoms with Gasteiger partial charge in [-0.2, -0.15) is 0 Å². The summed E-state index contributed by atoms with van der Waals surface area (Å²) in [6.07, 6.45) is 1.01. The highest BCUT2D eigenvalue weighted by molar-refractivity contribution is 7.99. The zero-order valence-corrected chi connectivity index (χ0v) is 13.9. The summed E-state index contributed by atoms with van der Waals surface area (Å²) in [7, 11) is 0. The molecule has 4 nitrogen and oxygen atoms in total. The zero-order chi connectivity index (χ0) is 15.6. The van der Waals surface area contributed by atoms with E-state index in [1.54, 1.807) is 0 Å². The van der Waals surface area contributed by atoms with E-state index in [0.717, 1.165) is 22.6 Å². The fourth-order valence-corrected chi connectivity index (χ4v) is 3.49. The molecule has 1 unspecified atom stereocenters. The van der Waals surface area contributed by atoms with Crippen molar-refractivity contribution in [1.82, 2.24) is 9.55 Å². The Morgan fingerprint density at radius 2 is 2.14 bits per heavy atom. The van der Waals surface area contributed by atoms with Gasteiger partial charge < -0.3 is 9.67 Å². The molecule has 0 saturated heterocycles. The van der Waals surface area contributed by atoms with Crippen molar-refractivity contribution in [2.24, 2.45) is 5.92 Å². The van der Waals surface area contributed by atoms with Gasteiger partial charge in [0.25, 0.3) is 0 Å². The van der Waals surface area contributed by atoms with Crippen molar-refractivity contribution in [3.8, 4) is 0 Å². The molecule has 21 heavy (non-hydrogen) atoms. The minimum Gasteiger partial charge on any atom is -0.481 e. The Labute approximate surface area is 133 Å². The van der Waals surface area contributed by atoms with Crippen LogP contribution in [0.3, 0.4) is 0 Å². The lowest BCUT2D eigenvalue weighted by Gasteiger charge is -2.19. The van der Waals surface area contributed by atoms with E-state index in [4.69, 9.17) is 16.7 Å². The first-order valence-electron chi connectivity index (χ1n) is 6.90. The van der Waals surface area contributed by atoms with Crippen molar-refractivity contribution in [1.29, 1.82) is 0 Å². The number of aromatic nitrogens is 2. The second kappa shape index (κ2) is 6.71. The lowest BCUT2D eigenvalue weighted by molar-refractivity contribution is -0.133. The highest BCUT2D eigenvalue weighted by Gasteiger charge is 2.18. The van der Waals surface area contributed by atoms with Crippen LogP contribution in [0.1, 0.15) is 33.2 Å². The largest absolute Gasteiger partial charge is 0.481 e. The molecule has 1 atom stereocenters. The summed E-state index contributed by atoms with van der Waals surface area (Å²) < 4.78 is 2.12. The summed E-state index contributed by atoms with van der Waals surface area (Å²) in [6.45, 7) is 6.49. The van der Waals surface area contributed by atoms with E-state index in [2.05, 4.69) is 30.3 Å². The van der Waals surface area contributed by atoms with E-state index in [1.807, 2.05) is 18.2 Å². The molecule has 1 heterocycles. The Bertz CT molecular complexity index is 654. The summed E-state index contributed by atoms with van der Waals surface area (Å²) in [6, 6.07) is 5.87. The molecule has 1 aromatic carbocycles. The van der Waals surface area contributed by atoms with Gasteiger partial charge in [-0.05, 0) is 37.5 Å². The lowest BCUT2D eigenvalue weighted by Crippen LogP contribution is -2.10. The molecule has 0 amide bonds. The second-order valence-electron chi connectivity index (χ2n) is 5.56. The monoisotopic (exact) mass is 326 g/mol. The summed E-state index contributed by atoms with van der Waals surface area (Å²) in [5.74, 6) is -0.277. The summed E-state index contributed by atoms with van der Waals surface area (Å²) in [4.78, 5) is 15.4. The number of carboxylic acid groups (broad SMARTS) is 1. The van der Waals surface area contributed by atoms with Crippen LogP contribution in [0.15, 0.2) is 23.4 Å². The number of rotatable bonds is 6. The van der Waals surface area contributed by atoms with E-state index < -0.39 is 5.97 Å². The first-order valence-corrected chi connectivity index (χ1v) is 8.27. The number of nitrogens with zero attached hydrogens (tertiary/aromatic N) is 2. The standard InChI is InChI=1S/C15H19ClN2O2S/c1-9(2)6-10(3)18-13-5-4-11(16)7-12(13)17-15(18)21-8-14(19)20/h4-5,7,9-10H,6,8H2,1-3H3,(H,19,20). The normalized spacial score (nSPS) is 13.0. The molecule has 6 heteroatoms. The Balaban J connectivity index is 2.46. The third-order valence-corrected chi connectivity index (χ3v) is 4.37. The number of hydrogen-bond donors (Lipinski definition) is 1. The number of carboxylic acids is 1. The number of imidazole rings is 1. The topological polar surface area (TPSA) is 55.1 Å². The molecule has 0 radical (unpaired) electrons. The molecule has 1 aromatic heterocycles. The average molecular weight is 327 g/mol. The maximum atomic E-state index is 10.8. The number of halogens is 1. The molecule has 2 aromatic rings. The summed E-state index contributed by atoms with van der Waals surface area (Å²) in [5.41, 5.74) is 1.81. The average Bonchev–Trinajstić information content (AvgIpc) is 2.72. The van der Waals surface area contributed by atoms with Gasteiger partial charge in [-0.15, -0.1) is 0 Å². The molecule has 1 N–H and O–H groups in total. The molecule has 0 fully saturated rings. The highest BCUT2D eigenvalue weighted by Crippen LogP contribution is 2.31. The van der Waals surface area contributed by atoms with Crippen molar-refractivity contribution in [3.05, 3.63) is 23.2 Å². The van der Waals surface area contributed by atoms with E-state index >= 15 is 0 Å². The van der Waals surface area contributed by atoms with Crippen LogP contribution in [0.5, 0.6) is 0 Å². The third kappa shape index (κ3) is 3.92. The fourth-order valence-electron chi connectivity index (χ4n) is 2.49. The van der Waals surface area contributed by atoms with E-state index in [0.29, 0.717) is 10.9 Å². The second-order valence-corrected chi connectivity index (χ2v) is 6.94. The molecule has 0 spiro atoms. The molecule has 0 bridgehead atoms. The number of hydrogen-bond acceptors (Lipinski definition) is 3. The number of carbonyl (C=O) groups is 1. The third-order valence-electron chi connectivity index (χ3n) is 3.20. The SMILES string of the molecule is CC(C)CC(C)n1c(SCC(=O)O)nc2cc(Cl)ccc21. The number of benzene rings is 1. The minimum absolute atomic E-state index is 0.00541. The van der Waals surface area contributed by atoms with Crippen LogP contribution in [0, 0.1) is 5.92 Å².